The SMILES string of the molecule is Cc1cn([C@@H]2O[C@H](C)C3(OS(=O)(=O)C=C3N)[C@H]2O[Si](C)(C)C(C)(C)C)c(=O)[nH]c1=O. The van der Waals surface area contributed by atoms with Crippen LogP contribution in [-0.2, 0) is 23.5 Å². The van der Waals surface area contributed by atoms with Gasteiger partial charge in [-0.25, -0.2) is 8.98 Å². The van der Waals surface area contributed by atoms with Crippen molar-refractivity contribution in [1.82, 2.24) is 9.55 Å². The molecule has 12 heteroatoms. The Morgan fingerprint density at radius 1 is 1.30 bits per heavy atom. The molecule has 1 saturated heterocycles. The average molecular weight is 460 g/mol. The lowest BCUT2D eigenvalue weighted by atomic mass is 9.90. The van der Waals surface area contributed by atoms with E-state index in [0.717, 1.165) is 5.41 Å². The Kier molecular flexibility index (Phi) is 5.27. The maximum Gasteiger partial charge on any atom is 0.330 e. The predicted octanol–water partition coefficient (Wildman–Crippen LogP) is 1.05. The second-order valence-corrected chi connectivity index (χ2v) is 15.5. The number of H-pyrrole nitrogens is 1. The lowest BCUT2D eigenvalue weighted by Crippen LogP contribution is -2.57. The molecule has 0 saturated carbocycles. The van der Waals surface area contributed by atoms with Gasteiger partial charge in [-0.1, -0.05) is 20.8 Å². The highest BCUT2D eigenvalue weighted by molar-refractivity contribution is 7.90. The van der Waals surface area contributed by atoms with Crippen LogP contribution in [0.1, 0.15) is 39.5 Å². The number of nitrogens with two attached hydrogens (primary N) is 1. The molecule has 3 N–H and O–H groups in total. The summed E-state index contributed by atoms with van der Waals surface area (Å²) < 4.78 is 43.8. The third-order valence-corrected chi connectivity index (χ3v) is 11.8. The summed E-state index contributed by atoms with van der Waals surface area (Å²) in [6, 6.07) is 0. The standard InChI is InChI=1S/C18H29N3O7SSi/c1-10-8-21(16(23)20-14(10)22)15-13(27-30(6,7)17(3,4)5)18(11(2)26-15)12(19)9-29(24,25)28-18/h8-9,11,13,15H,19H2,1-7H3,(H,20,22,23)/t11-,13+,15-,18?/m1/s1. The van der Waals surface area contributed by atoms with Gasteiger partial charge < -0.3 is 14.9 Å². The summed E-state index contributed by atoms with van der Waals surface area (Å²) in [5.74, 6) is 0. The third kappa shape index (κ3) is 3.50. The molecule has 1 aromatic heterocycles. The number of nitrogens with zero attached hydrogens (tertiary/aromatic N) is 1. The van der Waals surface area contributed by atoms with E-state index in [2.05, 4.69) is 4.98 Å². The minimum absolute atomic E-state index is 0.0459. The molecule has 1 spiro atoms. The van der Waals surface area contributed by atoms with Crippen LogP contribution in [0.25, 0.3) is 0 Å². The van der Waals surface area contributed by atoms with E-state index in [1.807, 2.05) is 33.9 Å². The number of hydrogen-bond donors (Lipinski definition) is 2. The van der Waals surface area contributed by atoms with E-state index in [4.69, 9.17) is 19.1 Å². The fourth-order valence-electron chi connectivity index (χ4n) is 3.48. The lowest BCUT2D eigenvalue weighted by Gasteiger charge is -2.43. The zero-order valence-electron chi connectivity index (χ0n) is 18.2. The summed E-state index contributed by atoms with van der Waals surface area (Å²) in [5, 5.41) is 0.630. The molecule has 0 radical (unpaired) electrons. The Hall–Kier alpha value is -1.73. The van der Waals surface area contributed by atoms with Crippen molar-refractivity contribution in [3.63, 3.8) is 0 Å². The van der Waals surface area contributed by atoms with Crippen molar-refractivity contribution in [2.75, 3.05) is 0 Å². The number of aromatic amines is 1. The van der Waals surface area contributed by atoms with E-state index in [1.165, 1.54) is 10.8 Å². The molecule has 2 aliphatic heterocycles. The first-order valence-electron chi connectivity index (χ1n) is 9.60. The van der Waals surface area contributed by atoms with Crippen LogP contribution in [0.4, 0.5) is 0 Å². The number of nitrogens with one attached hydrogen (secondary N) is 1. The van der Waals surface area contributed by atoms with Gasteiger partial charge in [-0.05, 0) is 32.0 Å². The van der Waals surface area contributed by atoms with Gasteiger partial charge in [0.2, 0.25) is 0 Å². The number of hydrogen-bond acceptors (Lipinski definition) is 8. The number of rotatable bonds is 3. The van der Waals surface area contributed by atoms with Crippen molar-refractivity contribution in [3.05, 3.63) is 43.7 Å². The van der Waals surface area contributed by atoms with Crippen LogP contribution >= 0.6 is 0 Å². The van der Waals surface area contributed by atoms with Gasteiger partial charge >= 0.3 is 5.69 Å². The summed E-state index contributed by atoms with van der Waals surface area (Å²) in [4.78, 5) is 26.7. The Morgan fingerprint density at radius 3 is 2.40 bits per heavy atom. The highest BCUT2D eigenvalue weighted by atomic mass is 32.2. The van der Waals surface area contributed by atoms with Crippen LogP contribution in [0, 0.1) is 6.92 Å². The fraction of sp³-hybridized carbons (Fsp3) is 0.667. The second kappa shape index (κ2) is 6.89. The Labute approximate surface area is 176 Å². The highest BCUT2D eigenvalue weighted by Crippen LogP contribution is 2.51. The van der Waals surface area contributed by atoms with Crippen molar-refractivity contribution in [1.29, 1.82) is 0 Å². The van der Waals surface area contributed by atoms with E-state index < -0.39 is 53.7 Å². The second-order valence-electron chi connectivity index (χ2n) is 9.39. The lowest BCUT2D eigenvalue weighted by molar-refractivity contribution is -0.0312. The van der Waals surface area contributed by atoms with Crippen LogP contribution in [0.5, 0.6) is 0 Å². The largest absolute Gasteiger partial charge is 0.406 e. The average Bonchev–Trinajstić information content (AvgIpc) is 2.97. The molecule has 1 fully saturated rings. The van der Waals surface area contributed by atoms with Crippen LogP contribution in [-0.4, -0.2) is 44.1 Å². The predicted molar refractivity (Wildman–Crippen MR) is 113 cm³/mol. The molecular formula is C18H29N3O7SSi. The van der Waals surface area contributed by atoms with E-state index >= 15 is 0 Å². The van der Waals surface area contributed by atoms with E-state index in [-0.39, 0.29) is 10.7 Å². The molecule has 10 nitrogen and oxygen atoms in total. The zero-order valence-corrected chi connectivity index (χ0v) is 20.0. The fourth-order valence-corrected chi connectivity index (χ4v) is 6.01. The monoisotopic (exact) mass is 459 g/mol. The quantitative estimate of drug-likeness (QED) is 0.504. The van der Waals surface area contributed by atoms with E-state index in [9.17, 15) is 18.0 Å². The summed E-state index contributed by atoms with van der Waals surface area (Å²) in [7, 11) is -6.56. The summed E-state index contributed by atoms with van der Waals surface area (Å²) in [5.41, 5.74) is 3.57. The summed E-state index contributed by atoms with van der Waals surface area (Å²) in [6.45, 7) is 13.2. The van der Waals surface area contributed by atoms with Gasteiger partial charge in [-0.2, -0.15) is 8.42 Å². The first kappa shape index (κ1) is 22.9. The molecule has 1 unspecified atom stereocenters. The maximum absolute atomic E-state index is 12.6. The normalized spacial score (nSPS) is 31.3. The van der Waals surface area contributed by atoms with Gasteiger partial charge in [0.25, 0.3) is 15.7 Å². The molecule has 30 heavy (non-hydrogen) atoms. The Bertz CT molecular complexity index is 1120. The van der Waals surface area contributed by atoms with E-state index in [0.29, 0.717) is 5.56 Å². The molecule has 0 aromatic carbocycles. The third-order valence-electron chi connectivity index (χ3n) is 6.25. The van der Waals surface area contributed by atoms with Crippen molar-refractivity contribution in [2.24, 2.45) is 5.73 Å². The van der Waals surface area contributed by atoms with Crippen molar-refractivity contribution >= 4 is 18.4 Å². The molecular weight excluding hydrogens is 430 g/mol. The van der Waals surface area contributed by atoms with Gasteiger partial charge in [0.15, 0.2) is 20.1 Å². The Balaban J connectivity index is 2.21. The minimum Gasteiger partial charge on any atom is -0.406 e. The number of ether oxygens (including phenoxy) is 1. The van der Waals surface area contributed by atoms with Crippen LogP contribution in [0.2, 0.25) is 18.1 Å². The van der Waals surface area contributed by atoms with E-state index in [1.54, 1.807) is 13.8 Å². The molecule has 3 heterocycles. The number of aromatic nitrogens is 2. The van der Waals surface area contributed by atoms with Crippen molar-refractivity contribution < 1.29 is 21.8 Å². The highest BCUT2D eigenvalue weighted by Gasteiger charge is 2.65. The van der Waals surface area contributed by atoms with Gasteiger partial charge in [0, 0.05) is 11.8 Å². The van der Waals surface area contributed by atoms with Gasteiger partial charge in [0.05, 0.1) is 17.2 Å². The molecule has 2 aliphatic rings. The van der Waals surface area contributed by atoms with Crippen LogP contribution in [0.15, 0.2) is 26.9 Å². The first-order chi connectivity index (χ1) is 13.5. The minimum atomic E-state index is -4.05. The van der Waals surface area contributed by atoms with Crippen LogP contribution < -0.4 is 17.0 Å². The van der Waals surface area contributed by atoms with Gasteiger partial charge in [-0.3, -0.25) is 14.3 Å². The number of aryl methyl sites for hydroxylation is 1. The molecule has 0 amide bonds. The van der Waals surface area contributed by atoms with Gasteiger partial charge in [0.1, 0.15) is 6.10 Å². The molecule has 0 aliphatic carbocycles. The summed E-state index contributed by atoms with van der Waals surface area (Å²) >= 11 is 0. The maximum atomic E-state index is 12.6. The van der Waals surface area contributed by atoms with Crippen molar-refractivity contribution in [3.8, 4) is 0 Å². The molecule has 3 rings (SSSR count). The van der Waals surface area contributed by atoms with Crippen molar-refractivity contribution in [2.45, 2.75) is 76.8 Å². The smallest absolute Gasteiger partial charge is 0.330 e. The molecule has 1 aromatic rings. The van der Waals surface area contributed by atoms with Crippen LogP contribution in [0.3, 0.4) is 0 Å². The molecule has 168 valence electrons. The van der Waals surface area contributed by atoms with Gasteiger partial charge in [-0.15, -0.1) is 0 Å². The Morgan fingerprint density at radius 2 is 1.90 bits per heavy atom. The topological polar surface area (TPSA) is 143 Å². The first-order valence-corrected chi connectivity index (χ1v) is 14.0. The molecule has 4 atom stereocenters. The summed E-state index contributed by atoms with van der Waals surface area (Å²) in [6.07, 6.45) is -1.57. The zero-order chi connectivity index (χ0) is 22.9. The molecule has 0 bridgehead atoms.